The zero-order valence-electron chi connectivity index (χ0n) is 15.5. The highest BCUT2D eigenvalue weighted by Crippen LogP contribution is 2.24. The molecule has 6 heteroatoms. The van der Waals surface area contributed by atoms with Gasteiger partial charge in [-0.25, -0.2) is 0 Å². The number of aliphatic imine (C=N–C) groups is 1. The third kappa shape index (κ3) is 7.34. The predicted molar refractivity (Wildman–Crippen MR) is 104 cm³/mol. The molecule has 0 heterocycles. The zero-order valence-corrected chi connectivity index (χ0v) is 17.0. The molecule has 0 radical (unpaired) electrons. The molecule has 0 fully saturated rings. The van der Waals surface area contributed by atoms with E-state index in [0.29, 0.717) is 12.5 Å². The first-order chi connectivity index (χ1) is 11.0. The number of hydrogen-bond acceptors (Lipinski definition) is 2. The van der Waals surface area contributed by atoms with Gasteiger partial charge in [-0.3, -0.25) is 9.79 Å². The van der Waals surface area contributed by atoms with E-state index < -0.39 is 0 Å². The monoisotopic (exact) mass is 396 g/mol. The van der Waals surface area contributed by atoms with Crippen LogP contribution in [0.25, 0.3) is 0 Å². The van der Waals surface area contributed by atoms with Crippen molar-refractivity contribution in [2.75, 3.05) is 20.1 Å². The van der Waals surface area contributed by atoms with Crippen molar-refractivity contribution < 1.29 is 4.79 Å². The Kier molecular flexibility index (Phi) is 7.27. The topological polar surface area (TPSA) is 65.5 Å². The summed E-state index contributed by atoms with van der Waals surface area (Å²) in [5.41, 5.74) is 0.915. The van der Waals surface area contributed by atoms with Gasteiger partial charge in [0.1, 0.15) is 0 Å². The number of benzene rings is 1. The molecule has 0 aliphatic rings. The smallest absolute Gasteiger partial charge is 0.239 e. The Morgan fingerprint density at radius 3 is 2.38 bits per heavy atom. The Bertz CT molecular complexity index is 591. The van der Waals surface area contributed by atoms with E-state index in [9.17, 15) is 4.79 Å². The first-order valence-electron chi connectivity index (χ1n) is 8.05. The molecule has 5 nitrogen and oxygen atoms in total. The minimum Gasteiger partial charge on any atom is -0.356 e. The molecule has 1 aromatic rings. The third-order valence-corrected chi connectivity index (χ3v) is 3.95. The number of rotatable bonds is 5. The first-order valence-corrected chi connectivity index (χ1v) is 8.84. The predicted octanol–water partition coefficient (Wildman–Crippen LogP) is 2.81. The van der Waals surface area contributed by atoms with Gasteiger partial charge in [0.25, 0.3) is 0 Å². The lowest BCUT2D eigenvalue weighted by molar-refractivity contribution is -0.121. The largest absolute Gasteiger partial charge is 0.356 e. The van der Waals surface area contributed by atoms with Crippen molar-refractivity contribution in [3.8, 4) is 0 Å². The van der Waals surface area contributed by atoms with Crippen molar-refractivity contribution in [3.05, 3.63) is 34.3 Å². The molecule has 0 spiro atoms. The van der Waals surface area contributed by atoms with Gasteiger partial charge in [-0.15, -0.1) is 0 Å². The molecule has 1 rings (SSSR count). The van der Waals surface area contributed by atoms with Crippen molar-refractivity contribution in [2.24, 2.45) is 4.99 Å². The second-order valence-electron chi connectivity index (χ2n) is 7.47. The van der Waals surface area contributed by atoms with Crippen LogP contribution in [0.4, 0.5) is 0 Å². The normalized spacial score (nSPS) is 12.7. The summed E-state index contributed by atoms with van der Waals surface area (Å²) in [6, 6.07) is 8.28. The number of carbonyl (C=O) groups is 1. The molecule has 0 aliphatic heterocycles. The molecule has 134 valence electrons. The highest BCUT2D eigenvalue weighted by atomic mass is 79.9. The highest BCUT2D eigenvalue weighted by molar-refractivity contribution is 9.10. The van der Waals surface area contributed by atoms with E-state index in [1.54, 1.807) is 7.05 Å². The van der Waals surface area contributed by atoms with E-state index in [2.05, 4.69) is 62.9 Å². The minimum absolute atomic E-state index is 0.0586. The van der Waals surface area contributed by atoms with Gasteiger partial charge in [0.2, 0.25) is 5.91 Å². The average molecular weight is 397 g/mol. The van der Waals surface area contributed by atoms with Gasteiger partial charge >= 0.3 is 0 Å². The Hall–Kier alpha value is -1.56. The SMILES string of the molecule is CN=C(NCC(=O)NC(C)(C)C)NCC(C)(C)c1cccc(Br)c1. The average Bonchev–Trinajstić information content (AvgIpc) is 2.45. The maximum absolute atomic E-state index is 11.9. The van der Waals surface area contributed by atoms with Crippen molar-refractivity contribution in [1.82, 2.24) is 16.0 Å². The van der Waals surface area contributed by atoms with Crippen molar-refractivity contribution in [3.63, 3.8) is 0 Å². The summed E-state index contributed by atoms with van der Waals surface area (Å²) in [4.78, 5) is 16.1. The van der Waals surface area contributed by atoms with Crippen LogP contribution in [0.3, 0.4) is 0 Å². The summed E-state index contributed by atoms with van der Waals surface area (Å²) in [6.07, 6.45) is 0. The summed E-state index contributed by atoms with van der Waals surface area (Å²) >= 11 is 3.51. The Labute approximate surface area is 153 Å². The molecule has 0 bridgehead atoms. The summed E-state index contributed by atoms with van der Waals surface area (Å²) in [6.45, 7) is 11.1. The van der Waals surface area contributed by atoms with Gasteiger partial charge in [0.05, 0.1) is 6.54 Å². The number of nitrogens with zero attached hydrogens (tertiary/aromatic N) is 1. The number of halogens is 1. The lowest BCUT2D eigenvalue weighted by Crippen LogP contribution is -2.49. The number of amides is 1. The van der Waals surface area contributed by atoms with Gasteiger partial charge in [-0.2, -0.15) is 0 Å². The second-order valence-corrected chi connectivity index (χ2v) is 8.39. The van der Waals surface area contributed by atoms with Crippen LogP contribution < -0.4 is 16.0 Å². The van der Waals surface area contributed by atoms with E-state index in [1.807, 2.05) is 32.9 Å². The van der Waals surface area contributed by atoms with Gasteiger partial charge in [-0.05, 0) is 38.5 Å². The van der Waals surface area contributed by atoms with E-state index in [0.717, 1.165) is 4.47 Å². The van der Waals surface area contributed by atoms with Crippen LogP contribution in [0.15, 0.2) is 33.7 Å². The van der Waals surface area contributed by atoms with Crippen LogP contribution in [0, 0.1) is 0 Å². The van der Waals surface area contributed by atoms with Gasteiger partial charge in [0.15, 0.2) is 5.96 Å². The summed E-state index contributed by atoms with van der Waals surface area (Å²) in [5, 5.41) is 9.25. The van der Waals surface area contributed by atoms with Gasteiger partial charge < -0.3 is 16.0 Å². The summed E-state index contributed by atoms with van der Waals surface area (Å²) in [7, 11) is 1.70. The molecule has 1 amide bonds. The Balaban J connectivity index is 2.56. The molecule has 24 heavy (non-hydrogen) atoms. The number of guanidine groups is 1. The summed E-state index contributed by atoms with van der Waals surface area (Å²) < 4.78 is 1.06. The Morgan fingerprint density at radius 1 is 1.17 bits per heavy atom. The minimum atomic E-state index is -0.238. The summed E-state index contributed by atoms with van der Waals surface area (Å²) in [5.74, 6) is 0.554. The molecule has 0 saturated carbocycles. The Morgan fingerprint density at radius 2 is 1.83 bits per heavy atom. The van der Waals surface area contributed by atoms with Crippen molar-refractivity contribution >= 4 is 27.8 Å². The number of carbonyl (C=O) groups excluding carboxylic acids is 1. The van der Waals surface area contributed by atoms with Gasteiger partial charge in [-0.1, -0.05) is 41.9 Å². The van der Waals surface area contributed by atoms with Crippen LogP contribution in [-0.4, -0.2) is 37.5 Å². The fourth-order valence-corrected chi connectivity index (χ4v) is 2.56. The maximum atomic E-state index is 11.9. The first kappa shape index (κ1) is 20.5. The van der Waals surface area contributed by atoms with Crippen LogP contribution in [-0.2, 0) is 10.2 Å². The fourth-order valence-electron chi connectivity index (χ4n) is 2.16. The lowest BCUT2D eigenvalue weighted by Gasteiger charge is -2.27. The molecule has 0 unspecified atom stereocenters. The highest BCUT2D eigenvalue weighted by Gasteiger charge is 2.21. The number of nitrogens with one attached hydrogen (secondary N) is 3. The molecule has 0 atom stereocenters. The molecule has 0 saturated heterocycles. The van der Waals surface area contributed by atoms with Crippen LogP contribution >= 0.6 is 15.9 Å². The van der Waals surface area contributed by atoms with Crippen LogP contribution in [0.5, 0.6) is 0 Å². The molecule has 0 aromatic heterocycles. The van der Waals surface area contributed by atoms with Crippen LogP contribution in [0.2, 0.25) is 0 Å². The fraction of sp³-hybridized carbons (Fsp3) is 0.556. The van der Waals surface area contributed by atoms with Crippen molar-refractivity contribution in [2.45, 2.75) is 45.6 Å². The molecule has 3 N–H and O–H groups in total. The van der Waals surface area contributed by atoms with E-state index in [-0.39, 0.29) is 23.4 Å². The van der Waals surface area contributed by atoms with E-state index in [1.165, 1.54) is 5.56 Å². The van der Waals surface area contributed by atoms with Gasteiger partial charge in [0, 0.05) is 29.0 Å². The quantitative estimate of drug-likeness (QED) is 0.529. The third-order valence-electron chi connectivity index (χ3n) is 3.46. The zero-order chi connectivity index (χ0) is 18.4. The molecule has 0 aliphatic carbocycles. The maximum Gasteiger partial charge on any atom is 0.239 e. The number of hydrogen-bond donors (Lipinski definition) is 3. The standard InChI is InChI=1S/C18H29BrN4O/c1-17(2,3)23-15(24)11-21-16(20-6)22-12-18(4,5)13-8-7-9-14(19)10-13/h7-10H,11-12H2,1-6H3,(H,23,24)(H2,20,21,22). The lowest BCUT2D eigenvalue weighted by atomic mass is 9.85. The van der Waals surface area contributed by atoms with Crippen LogP contribution in [0.1, 0.15) is 40.2 Å². The molecular formula is C18H29BrN4O. The molecular weight excluding hydrogens is 368 g/mol. The second kappa shape index (κ2) is 8.51. The molecule has 1 aromatic carbocycles. The van der Waals surface area contributed by atoms with E-state index in [4.69, 9.17) is 0 Å². The van der Waals surface area contributed by atoms with E-state index >= 15 is 0 Å². The van der Waals surface area contributed by atoms with Crippen molar-refractivity contribution in [1.29, 1.82) is 0 Å².